The van der Waals surface area contributed by atoms with Crippen molar-refractivity contribution in [3.8, 4) is 16.9 Å². The average Bonchev–Trinajstić information content (AvgIpc) is 2.45. The number of hydrogen-bond donors (Lipinski definition) is 0. The van der Waals surface area contributed by atoms with Gasteiger partial charge in [-0.1, -0.05) is 42.5 Å². The van der Waals surface area contributed by atoms with E-state index in [9.17, 15) is 18.0 Å². The molecule has 21 heavy (non-hydrogen) atoms. The van der Waals surface area contributed by atoms with E-state index in [2.05, 4.69) is 4.74 Å². The van der Waals surface area contributed by atoms with Crippen molar-refractivity contribution < 1.29 is 22.7 Å². The smallest absolute Gasteiger partial charge is 0.406 e. The summed E-state index contributed by atoms with van der Waals surface area (Å²) in [5.74, 6) is -0.253. The van der Waals surface area contributed by atoms with Crippen molar-refractivity contribution in [2.45, 2.75) is 6.36 Å². The highest BCUT2D eigenvalue weighted by molar-refractivity contribution is 5.74. The van der Waals surface area contributed by atoms with Gasteiger partial charge < -0.3 is 4.74 Å². The lowest BCUT2D eigenvalue weighted by Crippen LogP contribution is -2.16. The van der Waals surface area contributed by atoms with Crippen LogP contribution in [-0.2, 0) is 4.79 Å². The van der Waals surface area contributed by atoms with Crippen molar-refractivity contribution >= 4 is 12.4 Å². The van der Waals surface area contributed by atoms with Crippen LogP contribution in [0.15, 0.2) is 54.6 Å². The highest BCUT2D eigenvalue weighted by Crippen LogP contribution is 2.26. The molecule has 2 aromatic carbocycles. The summed E-state index contributed by atoms with van der Waals surface area (Å²) in [7, 11) is 0. The number of halogens is 3. The number of alkyl halides is 3. The predicted molar refractivity (Wildman–Crippen MR) is 73.7 cm³/mol. The molecule has 2 aromatic rings. The third kappa shape index (κ3) is 4.49. The van der Waals surface area contributed by atoms with Gasteiger partial charge in [-0.25, -0.2) is 0 Å². The largest absolute Gasteiger partial charge is 0.573 e. The Kier molecular flexibility index (Phi) is 4.42. The van der Waals surface area contributed by atoms with Gasteiger partial charge in [0.25, 0.3) is 0 Å². The molecule has 0 aromatic heterocycles. The van der Waals surface area contributed by atoms with Crippen molar-refractivity contribution in [2.24, 2.45) is 0 Å². The number of rotatable bonds is 4. The van der Waals surface area contributed by atoms with Crippen LogP contribution in [0, 0.1) is 0 Å². The Labute approximate surface area is 119 Å². The van der Waals surface area contributed by atoms with E-state index in [0.29, 0.717) is 6.29 Å². The van der Waals surface area contributed by atoms with E-state index in [1.54, 1.807) is 18.2 Å². The SMILES string of the molecule is O=C/C=C/c1ccc(-c2ccc(OC(F)(F)F)cc2)cc1. The number of aldehydes is 1. The van der Waals surface area contributed by atoms with Gasteiger partial charge in [0, 0.05) is 0 Å². The minimum atomic E-state index is -4.69. The number of benzene rings is 2. The summed E-state index contributed by atoms with van der Waals surface area (Å²) in [6.45, 7) is 0. The summed E-state index contributed by atoms with van der Waals surface area (Å²) >= 11 is 0. The van der Waals surface area contributed by atoms with Gasteiger partial charge in [-0.15, -0.1) is 13.2 Å². The first-order valence-electron chi connectivity index (χ1n) is 6.06. The molecule has 108 valence electrons. The highest BCUT2D eigenvalue weighted by atomic mass is 19.4. The molecule has 2 nitrogen and oxygen atoms in total. The summed E-state index contributed by atoms with van der Waals surface area (Å²) in [6, 6.07) is 12.9. The van der Waals surface area contributed by atoms with Gasteiger partial charge in [-0.05, 0) is 34.9 Å². The maximum Gasteiger partial charge on any atom is 0.573 e. The van der Waals surface area contributed by atoms with Crippen LogP contribution in [0.4, 0.5) is 13.2 Å². The van der Waals surface area contributed by atoms with Crippen LogP contribution in [-0.4, -0.2) is 12.6 Å². The molecule has 0 unspecified atom stereocenters. The van der Waals surface area contributed by atoms with Crippen LogP contribution in [0.3, 0.4) is 0 Å². The summed E-state index contributed by atoms with van der Waals surface area (Å²) in [5, 5.41) is 0. The molecule has 5 heteroatoms. The highest BCUT2D eigenvalue weighted by Gasteiger charge is 2.30. The van der Waals surface area contributed by atoms with Gasteiger partial charge >= 0.3 is 6.36 Å². The minimum Gasteiger partial charge on any atom is -0.406 e. The lowest BCUT2D eigenvalue weighted by Gasteiger charge is -2.09. The third-order valence-electron chi connectivity index (χ3n) is 2.70. The molecule has 0 aliphatic carbocycles. The first-order valence-corrected chi connectivity index (χ1v) is 6.06. The molecule has 0 saturated heterocycles. The Balaban J connectivity index is 2.15. The zero-order valence-corrected chi connectivity index (χ0v) is 10.8. The number of carbonyl (C=O) groups excluding carboxylic acids is 1. The van der Waals surface area contributed by atoms with Crippen molar-refractivity contribution in [3.63, 3.8) is 0 Å². The monoisotopic (exact) mass is 292 g/mol. The fourth-order valence-corrected chi connectivity index (χ4v) is 1.79. The van der Waals surface area contributed by atoms with Gasteiger partial charge in [-0.2, -0.15) is 0 Å². The number of hydrogen-bond acceptors (Lipinski definition) is 2. The van der Waals surface area contributed by atoms with Crippen LogP contribution in [0.1, 0.15) is 5.56 Å². The Morgan fingerprint density at radius 2 is 1.38 bits per heavy atom. The van der Waals surface area contributed by atoms with E-state index in [1.807, 2.05) is 24.3 Å². The van der Waals surface area contributed by atoms with Crippen molar-refractivity contribution in [2.75, 3.05) is 0 Å². The number of carbonyl (C=O) groups is 1. The van der Waals surface area contributed by atoms with Crippen LogP contribution >= 0.6 is 0 Å². The lowest BCUT2D eigenvalue weighted by molar-refractivity contribution is -0.274. The zero-order chi connectivity index (χ0) is 15.3. The maximum atomic E-state index is 12.1. The van der Waals surface area contributed by atoms with E-state index in [1.165, 1.54) is 18.2 Å². The fraction of sp³-hybridized carbons (Fsp3) is 0.0625. The van der Waals surface area contributed by atoms with E-state index >= 15 is 0 Å². The van der Waals surface area contributed by atoms with E-state index < -0.39 is 6.36 Å². The quantitative estimate of drug-likeness (QED) is 0.614. The maximum absolute atomic E-state index is 12.1. The Bertz CT molecular complexity index is 626. The van der Waals surface area contributed by atoms with Gasteiger partial charge in [0.1, 0.15) is 12.0 Å². The second kappa shape index (κ2) is 6.26. The molecule has 0 radical (unpaired) electrons. The molecule has 0 aliphatic rings. The molecule has 0 fully saturated rings. The molecule has 0 amide bonds. The number of allylic oxidation sites excluding steroid dienone is 1. The molecule has 0 atom stereocenters. The molecule has 0 spiro atoms. The standard InChI is InChI=1S/C16H11F3O2/c17-16(18,19)21-15-9-7-14(8-10-15)13-5-3-12(4-6-13)2-1-11-20/h1-11H/b2-1+. The van der Waals surface area contributed by atoms with Crippen molar-refractivity contribution in [1.82, 2.24) is 0 Å². The normalized spacial score (nSPS) is 11.6. The third-order valence-corrected chi connectivity index (χ3v) is 2.70. The van der Waals surface area contributed by atoms with Crippen LogP contribution in [0.25, 0.3) is 17.2 Å². The number of ether oxygens (including phenoxy) is 1. The van der Waals surface area contributed by atoms with Crippen LogP contribution in [0.2, 0.25) is 0 Å². The second-order valence-electron chi connectivity index (χ2n) is 4.19. The predicted octanol–water partition coefficient (Wildman–Crippen LogP) is 4.46. The molecular formula is C16H11F3O2. The van der Waals surface area contributed by atoms with Gasteiger partial charge in [-0.3, -0.25) is 4.79 Å². The van der Waals surface area contributed by atoms with Crippen molar-refractivity contribution in [3.05, 3.63) is 60.2 Å². The van der Waals surface area contributed by atoms with Crippen LogP contribution in [0.5, 0.6) is 5.75 Å². The zero-order valence-electron chi connectivity index (χ0n) is 10.8. The van der Waals surface area contributed by atoms with Crippen LogP contribution < -0.4 is 4.74 Å². The Morgan fingerprint density at radius 1 is 0.857 bits per heavy atom. The molecule has 0 heterocycles. The van der Waals surface area contributed by atoms with E-state index in [0.717, 1.165) is 16.7 Å². The summed E-state index contributed by atoms with van der Waals surface area (Å²) in [4.78, 5) is 10.2. The van der Waals surface area contributed by atoms with Crippen molar-refractivity contribution in [1.29, 1.82) is 0 Å². The molecule has 2 rings (SSSR count). The van der Waals surface area contributed by atoms with E-state index in [-0.39, 0.29) is 5.75 Å². The first-order chi connectivity index (χ1) is 9.98. The summed E-state index contributed by atoms with van der Waals surface area (Å²) < 4.78 is 40.0. The Morgan fingerprint density at radius 3 is 1.86 bits per heavy atom. The summed E-state index contributed by atoms with van der Waals surface area (Å²) in [5.41, 5.74) is 2.50. The van der Waals surface area contributed by atoms with E-state index in [4.69, 9.17) is 0 Å². The summed E-state index contributed by atoms with van der Waals surface area (Å²) in [6.07, 6.45) is -0.948. The lowest BCUT2D eigenvalue weighted by atomic mass is 10.0. The topological polar surface area (TPSA) is 26.3 Å². The fourth-order valence-electron chi connectivity index (χ4n) is 1.79. The molecule has 0 bridgehead atoms. The molecule has 0 N–H and O–H groups in total. The van der Waals surface area contributed by atoms with Gasteiger partial charge in [0.2, 0.25) is 0 Å². The average molecular weight is 292 g/mol. The first kappa shape index (κ1) is 14.8. The van der Waals surface area contributed by atoms with Gasteiger partial charge in [0.15, 0.2) is 0 Å². The minimum absolute atomic E-state index is 0.253. The molecule has 0 aliphatic heterocycles. The Hall–Kier alpha value is -2.56. The molecular weight excluding hydrogens is 281 g/mol. The van der Waals surface area contributed by atoms with Gasteiger partial charge in [0.05, 0.1) is 0 Å². The molecule has 0 saturated carbocycles. The second-order valence-corrected chi connectivity index (χ2v) is 4.19.